The molecule has 0 radical (unpaired) electrons. The molecule has 0 spiro atoms. The van der Waals surface area contributed by atoms with Crippen LogP contribution in [0.3, 0.4) is 0 Å². The summed E-state index contributed by atoms with van der Waals surface area (Å²) in [6.45, 7) is 7.28. The maximum Gasteiger partial charge on any atom is 0.123 e. The zero-order valence-corrected chi connectivity index (χ0v) is 11.5. The van der Waals surface area contributed by atoms with Crippen molar-refractivity contribution in [3.8, 4) is 5.75 Å². The lowest BCUT2D eigenvalue weighted by Gasteiger charge is -2.15. The molecule has 2 nitrogen and oxygen atoms in total. The van der Waals surface area contributed by atoms with Crippen molar-refractivity contribution >= 4 is 0 Å². The van der Waals surface area contributed by atoms with Crippen molar-refractivity contribution in [1.82, 2.24) is 5.32 Å². The van der Waals surface area contributed by atoms with E-state index >= 15 is 0 Å². The van der Waals surface area contributed by atoms with Gasteiger partial charge in [0, 0.05) is 11.6 Å². The van der Waals surface area contributed by atoms with Crippen molar-refractivity contribution in [1.29, 1.82) is 0 Å². The number of benzene rings is 1. The molecule has 1 aromatic carbocycles. The van der Waals surface area contributed by atoms with Crippen LogP contribution in [0.15, 0.2) is 18.2 Å². The molecule has 3 heteroatoms. The van der Waals surface area contributed by atoms with Crippen molar-refractivity contribution in [2.24, 2.45) is 5.92 Å². The van der Waals surface area contributed by atoms with Gasteiger partial charge in [-0.15, -0.1) is 0 Å². The fourth-order valence-electron chi connectivity index (χ4n) is 1.98. The largest absolute Gasteiger partial charge is 0.508 e. The topological polar surface area (TPSA) is 32.3 Å². The predicted molar refractivity (Wildman–Crippen MR) is 73.2 cm³/mol. The van der Waals surface area contributed by atoms with Crippen molar-refractivity contribution in [3.63, 3.8) is 0 Å². The van der Waals surface area contributed by atoms with Crippen LogP contribution < -0.4 is 5.32 Å². The molecule has 1 rings (SSSR count). The highest BCUT2D eigenvalue weighted by atomic mass is 19.1. The average molecular weight is 253 g/mol. The molecule has 2 N–H and O–H groups in total. The lowest BCUT2D eigenvalue weighted by molar-refractivity contribution is 0.444. The Hall–Kier alpha value is -1.09. The van der Waals surface area contributed by atoms with Gasteiger partial charge >= 0.3 is 0 Å². The Kier molecular flexibility index (Phi) is 6.13. The minimum Gasteiger partial charge on any atom is -0.508 e. The SMILES string of the molecule is CC(C)CCCCNC(C)c1cc(F)ccc1O. The summed E-state index contributed by atoms with van der Waals surface area (Å²) in [6, 6.07) is 4.04. The van der Waals surface area contributed by atoms with Gasteiger partial charge in [-0.25, -0.2) is 4.39 Å². The van der Waals surface area contributed by atoms with E-state index in [-0.39, 0.29) is 17.6 Å². The number of hydrogen-bond donors (Lipinski definition) is 2. The maximum atomic E-state index is 13.1. The molecular weight excluding hydrogens is 229 g/mol. The van der Waals surface area contributed by atoms with E-state index in [0.717, 1.165) is 18.9 Å². The van der Waals surface area contributed by atoms with Gasteiger partial charge in [-0.1, -0.05) is 26.7 Å². The highest BCUT2D eigenvalue weighted by Crippen LogP contribution is 2.24. The standard InChI is InChI=1S/C15H24FNO/c1-11(2)6-4-5-9-17-12(3)14-10-13(16)7-8-15(14)18/h7-8,10-12,17-18H,4-6,9H2,1-3H3. The molecule has 0 bridgehead atoms. The van der Waals surface area contributed by atoms with E-state index in [1.807, 2.05) is 6.92 Å². The van der Waals surface area contributed by atoms with Crippen LogP contribution in [-0.2, 0) is 0 Å². The van der Waals surface area contributed by atoms with Crippen molar-refractivity contribution in [2.75, 3.05) is 6.54 Å². The minimum absolute atomic E-state index is 0.0280. The van der Waals surface area contributed by atoms with Crippen LogP contribution in [0.1, 0.15) is 51.6 Å². The van der Waals surface area contributed by atoms with Crippen molar-refractivity contribution in [3.05, 3.63) is 29.6 Å². The molecule has 102 valence electrons. The summed E-state index contributed by atoms with van der Waals surface area (Å²) in [5, 5.41) is 13.0. The molecule has 0 aliphatic rings. The number of unbranched alkanes of at least 4 members (excludes halogenated alkanes) is 1. The Bertz CT molecular complexity index is 366. The molecule has 0 heterocycles. The molecule has 0 aromatic heterocycles. The van der Waals surface area contributed by atoms with Gasteiger partial charge in [0.2, 0.25) is 0 Å². The van der Waals surface area contributed by atoms with E-state index in [1.165, 1.54) is 31.0 Å². The zero-order chi connectivity index (χ0) is 13.5. The second-order valence-corrected chi connectivity index (χ2v) is 5.27. The number of hydrogen-bond acceptors (Lipinski definition) is 2. The van der Waals surface area contributed by atoms with E-state index in [0.29, 0.717) is 5.56 Å². The maximum absolute atomic E-state index is 13.1. The van der Waals surface area contributed by atoms with Gasteiger partial charge in [0.05, 0.1) is 0 Å². The number of phenolic OH excluding ortho intramolecular Hbond substituents is 1. The lowest BCUT2D eigenvalue weighted by atomic mass is 10.1. The Morgan fingerprint density at radius 3 is 2.61 bits per heavy atom. The molecule has 0 saturated heterocycles. The second-order valence-electron chi connectivity index (χ2n) is 5.27. The fraction of sp³-hybridized carbons (Fsp3) is 0.600. The van der Waals surface area contributed by atoms with Crippen LogP contribution in [0.2, 0.25) is 0 Å². The van der Waals surface area contributed by atoms with Crippen LogP contribution in [0, 0.1) is 11.7 Å². The first-order valence-electron chi connectivity index (χ1n) is 6.72. The number of aromatic hydroxyl groups is 1. The van der Waals surface area contributed by atoms with Gasteiger partial charge in [0.1, 0.15) is 11.6 Å². The molecule has 1 atom stereocenters. The van der Waals surface area contributed by atoms with Crippen LogP contribution in [0.5, 0.6) is 5.75 Å². The summed E-state index contributed by atoms with van der Waals surface area (Å²) in [4.78, 5) is 0. The molecule has 0 fully saturated rings. The summed E-state index contributed by atoms with van der Waals surface area (Å²) >= 11 is 0. The van der Waals surface area contributed by atoms with Gasteiger partial charge in [0.15, 0.2) is 0 Å². The third-order valence-corrected chi connectivity index (χ3v) is 3.11. The van der Waals surface area contributed by atoms with E-state index in [2.05, 4.69) is 19.2 Å². The minimum atomic E-state index is -0.309. The Morgan fingerprint density at radius 2 is 1.94 bits per heavy atom. The number of rotatable bonds is 7. The van der Waals surface area contributed by atoms with Crippen LogP contribution in [0.4, 0.5) is 4.39 Å². The van der Waals surface area contributed by atoms with E-state index in [1.54, 1.807) is 0 Å². The summed E-state index contributed by atoms with van der Waals surface area (Å²) in [7, 11) is 0. The Balaban J connectivity index is 2.36. The van der Waals surface area contributed by atoms with Crippen LogP contribution >= 0.6 is 0 Å². The van der Waals surface area contributed by atoms with Gasteiger partial charge in [-0.3, -0.25) is 0 Å². The first-order valence-corrected chi connectivity index (χ1v) is 6.72. The van der Waals surface area contributed by atoms with Crippen LogP contribution in [-0.4, -0.2) is 11.7 Å². The van der Waals surface area contributed by atoms with E-state index in [4.69, 9.17) is 0 Å². The van der Waals surface area contributed by atoms with Crippen molar-refractivity contribution in [2.45, 2.75) is 46.1 Å². The number of halogens is 1. The fourth-order valence-corrected chi connectivity index (χ4v) is 1.98. The van der Waals surface area contributed by atoms with E-state index < -0.39 is 0 Å². The second kappa shape index (κ2) is 7.37. The smallest absolute Gasteiger partial charge is 0.123 e. The first kappa shape index (κ1) is 15.0. The van der Waals surface area contributed by atoms with Gasteiger partial charge < -0.3 is 10.4 Å². The summed E-state index contributed by atoms with van der Waals surface area (Å²) in [6.07, 6.45) is 3.55. The molecule has 18 heavy (non-hydrogen) atoms. The Morgan fingerprint density at radius 1 is 1.22 bits per heavy atom. The average Bonchev–Trinajstić information content (AvgIpc) is 2.31. The quantitative estimate of drug-likeness (QED) is 0.720. The Labute approximate surface area is 109 Å². The molecule has 0 saturated carbocycles. The first-order chi connectivity index (χ1) is 8.50. The monoisotopic (exact) mass is 253 g/mol. The summed E-state index contributed by atoms with van der Waals surface area (Å²) in [5.41, 5.74) is 0.624. The zero-order valence-electron chi connectivity index (χ0n) is 11.5. The highest BCUT2D eigenvalue weighted by Gasteiger charge is 2.10. The summed E-state index contributed by atoms with van der Waals surface area (Å²) < 4.78 is 13.1. The third kappa shape index (κ3) is 5.05. The molecular formula is C15H24FNO. The third-order valence-electron chi connectivity index (χ3n) is 3.11. The van der Waals surface area contributed by atoms with Crippen LogP contribution in [0.25, 0.3) is 0 Å². The van der Waals surface area contributed by atoms with Gasteiger partial charge in [-0.2, -0.15) is 0 Å². The van der Waals surface area contributed by atoms with Crippen molar-refractivity contribution < 1.29 is 9.50 Å². The molecule has 1 aromatic rings. The summed E-state index contributed by atoms with van der Waals surface area (Å²) in [5.74, 6) is 0.588. The van der Waals surface area contributed by atoms with Gasteiger partial charge in [0.25, 0.3) is 0 Å². The predicted octanol–water partition coefficient (Wildman–Crippen LogP) is 4.01. The molecule has 0 aliphatic carbocycles. The molecule has 1 unspecified atom stereocenters. The molecule has 0 amide bonds. The highest BCUT2D eigenvalue weighted by molar-refractivity contribution is 5.34. The normalized spacial score (nSPS) is 12.9. The van der Waals surface area contributed by atoms with Gasteiger partial charge in [-0.05, 0) is 44.0 Å². The lowest BCUT2D eigenvalue weighted by Crippen LogP contribution is -2.20. The number of phenols is 1. The molecule has 0 aliphatic heterocycles. The number of nitrogens with one attached hydrogen (secondary N) is 1. The van der Waals surface area contributed by atoms with E-state index in [9.17, 15) is 9.50 Å².